The summed E-state index contributed by atoms with van der Waals surface area (Å²) in [6, 6.07) is 2.40. The maximum atomic E-state index is 13.0. The van der Waals surface area contributed by atoms with Crippen LogP contribution >= 0.6 is 11.3 Å². The van der Waals surface area contributed by atoms with Crippen molar-refractivity contribution in [1.82, 2.24) is 4.98 Å². The maximum absolute atomic E-state index is 13.0. The Bertz CT molecular complexity index is 708. The fourth-order valence-electron chi connectivity index (χ4n) is 1.47. The fourth-order valence-corrected chi connectivity index (χ4v) is 3.81. The largest absolute Gasteiger partial charge is 0.375 e. The molecular formula is C10H9F2N3O2S2. The second-order valence-electron chi connectivity index (χ2n) is 3.69. The highest BCUT2D eigenvalue weighted by molar-refractivity contribution is 7.94. The van der Waals surface area contributed by atoms with Crippen LogP contribution in [0.3, 0.4) is 0 Å². The lowest BCUT2D eigenvalue weighted by atomic mass is 10.3. The quantitative estimate of drug-likeness (QED) is 0.909. The number of aryl methyl sites for hydroxylation is 1. The number of benzene rings is 1. The van der Waals surface area contributed by atoms with Crippen LogP contribution in [0.2, 0.25) is 0 Å². The predicted molar refractivity (Wildman–Crippen MR) is 68.4 cm³/mol. The van der Waals surface area contributed by atoms with Gasteiger partial charge in [-0.1, -0.05) is 11.3 Å². The standard InChI is InChI=1S/C10H9F2N3O2S2/c1-5-9(18-10(13)14-5)19(16,17)15-8-3-6(11)2-7(12)4-8/h2-4,15H,1H3,(H2,13,14). The highest BCUT2D eigenvalue weighted by atomic mass is 32.2. The Morgan fingerprint density at radius 3 is 2.32 bits per heavy atom. The summed E-state index contributed by atoms with van der Waals surface area (Å²) in [7, 11) is -3.96. The third-order valence-electron chi connectivity index (χ3n) is 2.13. The minimum absolute atomic E-state index is 0.0883. The van der Waals surface area contributed by atoms with Gasteiger partial charge in [-0.2, -0.15) is 0 Å². The van der Waals surface area contributed by atoms with Crippen LogP contribution in [-0.4, -0.2) is 13.4 Å². The molecule has 102 valence electrons. The normalized spacial score (nSPS) is 11.5. The lowest BCUT2D eigenvalue weighted by Gasteiger charge is -2.06. The molecule has 19 heavy (non-hydrogen) atoms. The van der Waals surface area contributed by atoms with Gasteiger partial charge in [0.2, 0.25) is 0 Å². The lowest BCUT2D eigenvalue weighted by Crippen LogP contribution is -2.13. The first kappa shape index (κ1) is 13.7. The Morgan fingerprint density at radius 1 is 1.26 bits per heavy atom. The zero-order chi connectivity index (χ0) is 14.2. The Hall–Kier alpha value is -1.74. The van der Waals surface area contributed by atoms with Gasteiger partial charge in [-0.05, 0) is 19.1 Å². The number of nitrogens with one attached hydrogen (secondary N) is 1. The van der Waals surface area contributed by atoms with Crippen molar-refractivity contribution < 1.29 is 17.2 Å². The molecule has 2 aromatic rings. The van der Waals surface area contributed by atoms with E-state index in [0.29, 0.717) is 6.07 Å². The molecule has 0 radical (unpaired) electrons. The molecule has 0 atom stereocenters. The molecular weight excluding hydrogens is 296 g/mol. The summed E-state index contributed by atoms with van der Waals surface area (Å²) >= 11 is 0.778. The molecule has 0 amide bonds. The minimum Gasteiger partial charge on any atom is -0.375 e. The summed E-state index contributed by atoms with van der Waals surface area (Å²) in [5, 5.41) is 0.100. The predicted octanol–water partition coefficient (Wildman–Crippen LogP) is 2.11. The van der Waals surface area contributed by atoms with E-state index < -0.39 is 21.7 Å². The molecule has 0 saturated carbocycles. The van der Waals surface area contributed by atoms with Crippen molar-refractivity contribution >= 4 is 32.2 Å². The minimum atomic E-state index is -3.96. The van der Waals surface area contributed by atoms with E-state index in [9.17, 15) is 17.2 Å². The van der Waals surface area contributed by atoms with Crippen molar-refractivity contribution in [2.45, 2.75) is 11.1 Å². The lowest BCUT2D eigenvalue weighted by molar-refractivity contribution is 0.584. The van der Waals surface area contributed by atoms with Gasteiger partial charge in [-0.3, -0.25) is 4.72 Å². The average Bonchev–Trinajstić information content (AvgIpc) is 2.56. The number of aromatic nitrogens is 1. The molecule has 9 heteroatoms. The molecule has 0 bridgehead atoms. The maximum Gasteiger partial charge on any atom is 0.273 e. The van der Waals surface area contributed by atoms with Gasteiger partial charge in [0, 0.05) is 6.07 Å². The molecule has 1 heterocycles. The van der Waals surface area contributed by atoms with E-state index in [1.807, 2.05) is 0 Å². The number of sulfonamides is 1. The summed E-state index contributed by atoms with van der Waals surface area (Å²) in [5.41, 5.74) is 5.44. The van der Waals surface area contributed by atoms with Gasteiger partial charge in [0.15, 0.2) is 9.34 Å². The summed E-state index contributed by atoms with van der Waals surface area (Å²) in [4.78, 5) is 3.78. The number of anilines is 2. The van der Waals surface area contributed by atoms with E-state index >= 15 is 0 Å². The second kappa shape index (κ2) is 4.74. The van der Waals surface area contributed by atoms with E-state index in [0.717, 1.165) is 23.5 Å². The first-order valence-electron chi connectivity index (χ1n) is 5.00. The number of hydrogen-bond acceptors (Lipinski definition) is 5. The number of hydrogen-bond donors (Lipinski definition) is 2. The van der Waals surface area contributed by atoms with Gasteiger partial charge in [-0.25, -0.2) is 22.2 Å². The van der Waals surface area contributed by atoms with Crippen molar-refractivity contribution in [3.8, 4) is 0 Å². The molecule has 0 aliphatic rings. The van der Waals surface area contributed by atoms with Crippen molar-refractivity contribution in [2.24, 2.45) is 0 Å². The molecule has 5 nitrogen and oxygen atoms in total. The van der Waals surface area contributed by atoms with Crippen LogP contribution < -0.4 is 10.5 Å². The second-order valence-corrected chi connectivity index (χ2v) is 6.60. The van der Waals surface area contributed by atoms with Gasteiger partial charge in [0.05, 0.1) is 11.4 Å². The van der Waals surface area contributed by atoms with Gasteiger partial charge >= 0.3 is 0 Å². The zero-order valence-electron chi connectivity index (χ0n) is 9.65. The number of nitrogens with zero attached hydrogens (tertiary/aromatic N) is 1. The molecule has 0 spiro atoms. The third kappa shape index (κ3) is 2.99. The summed E-state index contributed by atoms with van der Waals surface area (Å²) in [6.45, 7) is 1.48. The van der Waals surface area contributed by atoms with E-state index in [2.05, 4.69) is 9.71 Å². The molecule has 0 saturated heterocycles. The van der Waals surface area contributed by atoms with Crippen LogP contribution in [0.5, 0.6) is 0 Å². The Labute approximate surface area is 112 Å². The van der Waals surface area contributed by atoms with Crippen molar-refractivity contribution in [1.29, 1.82) is 0 Å². The van der Waals surface area contributed by atoms with Gasteiger partial charge in [0.1, 0.15) is 11.6 Å². The molecule has 3 N–H and O–H groups in total. The highest BCUT2D eigenvalue weighted by Crippen LogP contribution is 2.27. The molecule has 1 aromatic carbocycles. The number of nitrogen functional groups attached to an aromatic ring is 1. The van der Waals surface area contributed by atoms with Gasteiger partial charge in [0.25, 0.3) is 10.0 Å². The summed E-state index contributed by atoms with van der Waals surface area (Å²) in [5.74, 6) is -1.75. The number of nitrogens with two attached hydrogens (primary N) is 1. The van der Waals surface area contributed by atoms with Crippen molar-refractivity contribution in [2.75, 3.05) is 10.5 Å². The molecule has 0 fully saturated rings. The van der Waals surface area contributed by atoms with E-state index in [1.165, 1.54) is 6.92 Å². The van der Waals surface area contributed by atoms with Crippen LogP contribution in [-0.2, 0) is 10.0 Å². The number of thiazole rings is 1. The van der Waals surface area contributed by atoms with Crippen molar-refractivity contribution in [3.05, 3.63) is 35.5 Å². The summed E-state index contributed by atoms with van der Waals surface area (Å²) in [6.07, 6.45) is 0. The van der Waals surface area contributed by atoms with Gasteiger partial charge in [-0.15, -0.1) is 0 Å². The topological polar surface area (TPSA) is 85.1 Å². The Kier molecular flexibility index (Phi) is 3.42. The molecule has 1 aromatic heterocycles. The zero-order valence-corrected chi connectivity index (χ0v) is 11.3. The van der Waals surface area contributed by atoms with Crippen LogP contribution in [0.15, 0.2) is 22.4 Å². The SMILES string of the molecule is Cc1nc(N)sc1S(=O)(=O)Nc1cc(F)cc(F)c1. The first-order valence-corrected chi connectivity index (χ1v) is 7.30. The smallest absolute Gasteiger partial charge is 0.273 e. The summed E-state index contributed by atoms with van der Waals surface area (Å²) < 4.78 is 52.0. The van der Waals surface area contributed by atoms with Crippen LogP contribution in [0.25, 0.3) is 0 Å². The molecule has 2 rings (SSSR count). The van der Waals surface area contributed by atoms with E-state index in [1.54, 1.807) is 0 Å². The van der Waals surface area contributed by atoms with Crippen molar-refractivity contribution in [3.63, 3.8) is 0 Å². The monoisotopic (exact) mass is 305 g/mol. The van der Waals surface area contributed by atoms with Crippen LogP contribution in [0.1, 0.15) is 5.69 Å². The van der Waals surface area contributed by atoms with Crippen LogP contribution in [0, 0.1) is 18.6 Å². The van der Waals surface area contributed by atoms with Crippen LogP contribution in [0.4, 0.5) is 19.6 Å². The molecule has 0 aliphatic carbocycles. The number of rotatable bonds is 3. The fraction of sp³-hybridized carbons (Fsp3) is 0.100. The van der Waals surface area contributed by atoms with E-state index in [-0.39, 0.29) is 20.7 Å². The third-order valence-corrected chi connectivity index (χ3v) is 5.11. The highest BCUT2D eigenvalue weighted by Gasteiger charge is 2.21. The average molecular weight is 305 g/mol. The van der Waals surface area contributed by atoms with E-state index in [4.69, 9.17) is 5.73 Å². The number of halogens is 2. The molecule has 0 unspecified atom stereocenters. The van der Waals surface area contributed by atoms with Gasteiger partial charge < -0.3 is 5.73 Å². The Balaban J connectivity index is 2.39. The first-order chi connectivity index (χ1) is 8.78. The molecule has 0 aliphatic heterocycles. The Morgan fingerprint density at radius 2 is 1.84 bits per heavy atom.